The second-order valence-corrected chi connectivity index (χ2v) is 6.06. The van der Waals surface area contributed by atoms with E-state index < -0.39 is 0 Å². The molecule has 1 aromatic carbocycles. The Balaban J connectivity index is 2.84. The predicted octanol–water partition coefficient (Wildman–Crippen LogP) is 4.52. The Bertz CT molecular complexity index is 447. The standard InChI is InChI=1S/C9H7IS3/c1-12-8-3-5(10)2-6-7(11)4-13-9(6)8/h2-4,11H,1H3. The van der Waals surface area contributed by atoms with Crippen LogP contribution in [0, 0.1) is 3.57 Å². The van der Waals surface area contributed by atoms with Gasteiger partial charge in [0.1, 0.15) is 0 Å². The number of thiophene rings is 1. The Labute approximate surface area is 105 Å². The third kappa shape index (κ3) is 1.86. The Morgan fingerprint density at radius 1 is 1.46 bits per heavy atom. The lowest BCUT2D eigenvalue weighted by Gasteiger charge is -2.00. The second kappa shape index (κ2) is 4.00. The normalized spacial score (nSPS) is 11.0. The molecule has 0 unspecified atom stereocenters. The second-order valence-electron chi connectivity index (χ2n) is 2.61. The van der Waals surface area contributed by atoms with Crippen molar-refractivity contribution in [2.45, 2.75) is 9.79 Å². The first-order valence-corrected chi connectivity index (χ1v) is 7.29. The van der Waals surface area contributed by atoms with E-state index in [2.05, 4.69) is 59.0 Å². The van der Waals surface area contributed by atoms with E-state index >= 15 is 0 Å². The average molecular weight is 338 g/mol. The van der Waals surface area contributed by atoms with Crippen LogP contribution in [0.1, 0.15) is 0 Å². The van der Waals surface area contributed by atoms with Crippen molar-refractivity contribution in [2.75, 3.05) is 6.26 Å². The number of thiol groups is 1. The summed E-state index contributed by atoms with van der Waals surface area (Å²) in [7, 11) is 0. The van der Waals surface area contributed by atoms with Crippen molar-refractivity contribution >= 4 is 68.4 Å². The summed E-state index contributed by atoms with van der Waals surface area (Å²) >= 11 is 10.4. The first-order valence-electron chi connectivity index (χ1n) is 3.66. The lowest BCUT2D eigenvalue weighted by Crippen LogP contribution is -1.75. The average Bonchev–Trinajstić information content (AvgIpc) is 2.47. The van der Waals surface area contributed by atoms with Crippen molar-refractivity contribution in [1.29, 1.82) is 0 Å². The van der Waals surface area contributed by atoms with Crippen LogP contribution in [0.2, 0.25) is 0 Å². The van der Waals surface area contributed by atoms with Crippen LogP contribution < -0.4 is 0 Å². The highest BCUT2D eigenvalue weighted by Crippen LogP contribution is 2.36. The predicted molar refractivity (Wildman–Crippen MR) is 73.6 cm³/mol. The third-order valence-corrected chi connectivity index (χ3v) is 4.89. The highest BCUT2D eigenvalue weighted by atomic mass is 127. The summed E-state index contributed by atoms with van der Waals surface area (Å²) in [5.74, 6) is 0. The molecule has 0 aliphatic rings. The Morgan fingerprint density at radius 3 is 2.92 bits per heavy atom. The molecule has 0 radical (unpaired) electrons. The zero-order valence-electron chi connectivity index (χ0n) is 6.87. The molecule has 0 fully saturated rings. The molecule has 0 atom stereocenters. The van der Waals surface area contributed by atoms with E-state index in [9.17, 15) is 0 Å². The van der Waals surface area contributed by atoms with Crippen LogP contribution in [0.15, 0.2) is 27.3 Å². The van der Waals surface area contributed by atoms with Gasteiger partial charge in [0.05, 0.1) is 0 Å². The fraction of sp³-hybridized carbons (Fsp3) is 0.111. The maximum atomic E-state index is 4.43. The molecule has 68 valence electrons. The van der Waals surface area contributed by atoms with E-state index in [4.69, 9.17) is 0 Å². The fourth-order valence-electron chi connectivity index (χ4n) is 1.21. The van der Waals surface area contributed by atoms with Gasteiger partial charge >= 0.3 is 0 Å². The van der Waals surface area contributed by atoms with E-state index in [1.807, 2.05) is 0 Å². The monoisotopic (exact) mass is 338 g/mol. The van der Waals surface area contributed by atoms with Gasteiger partial charge in [-0.15, -0.1) is 35.7 Å². The molecule has 0 spiro atoms. The van der Waals surface area contributed by atoms with Crippen molar-refractivity contribution in [2.24, 2.45) is 0 Å². The summed E-state index contributed by atoms with van der Waals surface area (Å²) in [5, 5.41) is 3.38. The lowest BCUT2D eigenvalue weighted by molar-refractivity contribution is 1.53. The largest absolute Gasteiger partial charge is 0.142 e. The van der Waals surface area contributed by atoms with Crippen molar-refractivity contribution in [3.8, 4) is 0 Å². The number of thioether (sulfide) groups is 1. The van der Waals surface area contributed by atoms with E-state index in [1.54, 1.807) is 23.1 Å². The lowest BCUT2D eigenvalue weighted by atomic mass is 10.3. The number of halogens is 1. The Morgan fingerprint density at radius 2 is 2.23 bits per heavy atom. The molecule has 2 aromatic rings. The SMILES string of the molecule is CSc1cc(I)cc2c(S)csc12. The molecule has 0 aliphatic heterocycles. The van der Waals surface area contributed by atoms with Gasteiger partial charge in [-0.3, -0.25) is 0 Å². The molecule has 4 heteroatoms. The number of hydrogen-bond donors (Lipinski definition) is 1. The first kappa shape index (κ1) is 10.1. The molecule has 13 heavy (non-hydrogen) atoms. The zero-order valence-corrected chi connectivity index (χ0v) is 11.6. The van der Waals surface area contributed by atoms with Gasteiger partial charge in [0.15, 0.2) is 0 Å². The smallest absolute Gasteiger partial charge is 0.0490 e. The minimum atomic E-state index is 1.09. The summed E-state index contributed by atoms with van der Waals surface area (Å²) in [6.45, 7) is 0. The Hall–Kier alpha value is 0.610. The maximum Gasteiger partial charge on any atom is 0.0490 e. The van der Waals surface area contributed by atoms with Gasteiger partial charge in [-0.1, -0.05) is 0 Å². The van der Waals surface area contributed by atoms with Crippen LogP contribution >= 0.6 is 58.3 Å². The van der Waals surface area contributed by atoms with Gasteiger partial charge in [0.2, 0.25) is 0 Å². The molecule has 1 heterocycles. The van der Waals surface area contributed by atoms with Crippen LogP contribution in [-0.4, -0.2) is 6.26 Å². The zero-order chi connectivity index (χ0) is 9.42. The van der Waals surface area contributed by atoms with Crippen LogP contribution in [0.25, 0.3) is 10.1 Å². The minimum Gasteiger partial charge on any atom is -0.142 e. The molecule has 0 N–H and O–H groups in total. The molecule has 0 nitrogen and oxygen atoms in total. The molecule has 0 aliphatic carbocycles. The molecular weight excluding hydrogens is 331 g/mol. The maximum absolute atomic E-state index is 4.43. The van der Waals surface area contributed by atoms with Crippen molar-refractivity contribution in [1.82, 2.24) is 0 Å². The molecular formula is C9H7IS3. The minimum absolute atomic E-state index is 1.09. The van der Waals surface area contributed by atoms with E-state index in [0.717, 1.165) is 4.90 Å². The summed E-state index contributed by atoms with van der Waals surface area (Å²) in [6.07, 6.45) is 2.11. The van der Waals surface area contributed by atoms with Gasteiger partial charge in [-0.25, -0.2) is 0 Å². The quantitative estimate of drug-likeness (QED) is 0.453. The first-order chi connectivity index (χ1) is 6.22. The molecule has 1 aromatic heterocycles. The van der Waals surface area contributed by atoms with Crippen molar-refractivity contribution in [3.05, 3.63) is 21.1 Å². The molecule has 2 rings (SSSR count). The highest BCUT2D eigenvalue weighted by molar-refractivity contribution is 14.1. The highest BCUT2D eigenvalue weighted by Gasteiger charge is 2.06. The molecule has 0 amide bonds. The van der Waals surface area contributed by atoms with Crippen LogP contribution in [0.3, 0.4) is 0 Å². The van der Waals surface area contributed by atoms with E-state index in [-0.39, 0.29) is 0 Å². The third-order valence-electron chi connectivity index (χ3n) is 1.80. The van der Waals surface area contributed by atoms with Gasteiger partial charge in [0.25, 0.3) is 0 Å². The van der Waals surface area contributed by atoms with Gasteiger partial charge in [-0.05, 0) is 41.0 Å². The van der Waals surface area contributed by atoms with Gasteiger partial charge in [-0.2, -0.15) is 0 Å². The van der Waals surface area contributed by atoms with Crippen molar-refractivity contribution < 1.29 is 0 Å². The van der Waals surface area contributed by atoms with Crippen LogP contribution in [-0.2, 0) is 0 Å². The fourth-order valence-corrected chi connectivity index (χ4v) is 4.22. The van der Waals surface area contributed by atoms with Crippen LogP contribution in [0.4, 0.5) is 0 Å². The molecule has 0 bridgehead atoms. The van der Waals surface area contributed by atoms with Gasteiger partial charge in [0, 0.05) is 28.8 Å². The number of hydrogen-bond acceptors (Lipinski definition) is 3. The van der Waals surface area contributed by atoms with E-state index in [0.29, 0.717) is 0 Å². The van der Waals surface area contributed by atoms with Crippen molar-refractivity contribution in [3.63, 3.8) is 0 Å². The summed E-state index contributed by atoms with van der Waals surface area (Å²) in [6, 6.07) is 4.41. The van der Waals surface area contributed by atoms with Crippen LogP contribution in [0.5, 0.6) is 0 Å². The summed E-state index contributed by atoms with van der Waals surface area (Å²) < 4.78 is 2.64. The van der Waals surface area contributed by atoms with E-state index in [1.165, 1.54) is 18.6 Å². The Kier molecular flexibility index (Phi) is 3.12. The number of rotatable bonds is 1. The molecule has 0 saturated carbocycles. The summed E-state index contributed by atoms with van der Waals surface area (Å²) in [4.78, 5) is 2.45. The topological polar surface area (TPSA) is 0 Å². The molecule has 0 saturated heterocycles. The number of benzene rings is 1. The van der Waals surface area contributed by atoms with Gasteiger partial charge < -0.3 is 0 Å². The number of fused-ring (bicyclic) bond motifs is 1. The summed E-state index contributed by atoms with van der Waals surface area (Å²) in [5.41, 5.74) is 0.